The van der Waals surface area contributed by atoms with Crippen LogP contribution in [0, 0.1) is 6.92 Å². The van der Waals surface area contributed by atoms with Crippen molar-refractivity contribution in [2.75, 3.05) is 19.0 Å². The Labute approximate surface area is 141 Å². The molecule has 2 rings (SSSR count). The molecule has 6 heteroatoms. The minimum Gasteiger partial charge on any atom is -0.378 e. The van der Waals surface area contributed by atoms with Crippen molar-refractivity contribution in [1.29, 1.82) is 0 Å². The SMILES string of the molecule is Cc1nn(C)c(Cl)c1/C=C/C(=O)NCc1ccc(N(C)C)cc1. The summed E-state index contributed by atoms with van der Waals surface area (Å²) in [5.41, 5.74) is 3.73. The number of hydrogen-bond acceptors (Lipinski definition) is 3. The zero-order chi connectivity index (χ0) is 17.0. The molecule has 0 aliphatic carbocycles. The Hall–Kier alpha value is -2.27. The van der Waals surface area contributed by atoms with E-state index in [1.54, 1.807) is 17.8 Å². The van der Waals surface area contributed by atoms with Crippen LogP contribution in [-0.2, 0) is 18.4 Å². The summed E-state index contributed by atoms with van der Waals surface area (Å²) in [6.07, 6.45) is 3.17. The van der Waals surface area contributed by atoms with E-state index in [1.807, 2.05) is 50.2 Å². The van der Waals surface area contributed by atoms with Gasteiger partial charge in [-0.05, 0) is 30.7 Å². The van der Waals surface area contributed by atoms with Crippen molar-refractivity contribution in [3.8, 4) is 0 Å². The largest absolute Gasteiger partial charge is 0.378 e. The van der Waals surface area contributed by atoms with Crippen molar-refractivity contribution in [3.63, 3.8) is 0 Å². The lowest BCUT2D eigenvalue weighted by molar-refractivity contribution is -0.116. The average Bonchev–Trinajstić information content (AvgIpc) is 2.76. The van der Waals surface area contributed by atoms with Crippen LogP contribution < -0.4 is 10.2 Å². The van der Waals surface area contributed by atoms with Crippen LogP contribution in [-0.4, -0.2) is 29.8 Å². The van der Waals surface area contributed by atoms with Crippen LogP contribution in [0.25, 0.3) is 6.08 Å². The Morgan fingerprint density at radius 2 is 2.00 bits per heavy atom. The first-order valence-corrected chi connectivity index (χ1v) is 7.67. The standard InChI is InChI=1S/C17H21ClN4O/c1-12-15(17(18)22(4)20-12)9-10-16(23)19-11-13-5-7-14(8-6-13)21(2)3/h5-10H,11H2,1-4H3,(H,19,23)/b10-9+. The molecular formula is C17H21ClN4O. The molecule has 5 nitrogen and oxygen atoms in total. The molecule has 0 aliphatic rings. The van der Waals surface area contributed by atoms with Crippen molar-refractivity contribution in [2.45, 2.75) is 13.5 Å². The molecule has 2 aromatic rings. The highest BCUT2D eigenvalue weighted by atomic mass is 35.5. The van der Waals surface area contributed by atoms with Gasteiger partial charge in [0.25, 0.3) is 0 Å². The number of aryl methyl sites for hydroxylation is 2. The van der Waals surface area contributed by atoms with Gasteiger partial charge in [-0.15, -0.1) is 0 Å². The maximum Gasteiger partial charge on any atom is 0.244 e. The molecule has 0 unspecified atom stereocenters. The zero-order valence-electron chi connectivity index (χ0n) is 13.8. The fourth-order valence-electron chi connectivity index (χ4n) is 2.15. The zero-order valence-corrected chi connectivity index (χ0v) is 14.6. The van der Waals surface area contributed by atoms with E-state index >= 15 is 0 Å². The van der Waals surface area contributed by atoms with Gasteiger partial charge in [0, 0.05) is 45.0 Å². The number of halogens is 1. The summed E-state index contributed by atoms with van der Waals surface area (Å²) >= 11 is 6.12. The number of amides is 1. The summed E-state index contributed by atoms with van der Waals surface area (Å²) in [6, 6.07) is 8.05. The van der Waals surface area contributed by atoms with E-state index in [0.717, 1.165) is 22.5 Å². The molecule has 1 aromatic carbocycles. The van der Waals surface area contributed by atoms with Crippen LogP contribution in [0.4, 0.5) is 5.69 Å². The first-order chi connectivity index (χ1) is 10.9. The molecule has 1 aromatic heterocycles. The van der Waals surface area contributed by atoms with Crippen molar-refractivity contribution in [3.05, 3.63) is 52.3 Å². The summed E-state index contributed by atoms with van der Waals surface area (Å²) in [5, 5.41) is 7.58. The number of anilines is 1. The minimum atomic E-state index is -0.166. The Kier molecular flexibility index (Phi) is 5.45. The van der Waals surface area contributed by atoms with Crippen LogP contribution in [0.5, 0.6) is 0 Å². The van der Waals surface area contributed by atoms with E-state index in [2.05, 4.69) is 10.4 Å². The summed E-state index contributed by atoms with van der Waals surface area (Å²) < 4.78 is 1.58. The third-order valence-electron chi connectivity index (χ3n) is 3.52. The number of carbonyl (C=O) groups excluding carboxylic acids is 1. The molecule has 0 radical (unpaired) electrons. The lowest BCUT2D eigenvalue weighted by Gasteiger charge is -2.12. The second-order valence-corrected chi connectivity index (χ2v) is 5.88. The molecule has 1 amide bonds. The van der Waals surface area contributed by atoms with Gasteiger partial charge in [-0.25, -0.2) is 0 Å². The summed E-state index contributed by atoms with van der Waals surface area (Å²) in [4.78, 5) is 14.0. The second-order valence-electron chi connectivity index (χ2n) is 5.53. The van der Waals surface area contributed by atoms with Crippen molar-refractivity contribution in [1.82, 2.24) is 15.1 Å². The van der Waals surface area contributed by atoms with Gasteiger partial charge in [0.15, 0.2) is 0 Å². The summed E-state index contributed by atoms with van der Waals surface area (Å²) in [5.74, 6) is -0.166. The van der Waals surface area contributed by atoms with Crippen molar-refractivity contribution >= 4 is 29.3 Å². The molecule has 23 heavy (non-hydrogen) atoms. The second kappa shape index (κ2) is 7.33. The number of nitrogens with zero attached hydrogens (tertiary/aromatic N) is 3. The molecule has 1 heterocycles. The molecule has 122 valence electrons. The van der Waals surface area contributed by atoms with E-state index in [0.29, 0.717) is 11.7 Å². The number of hydrogen-bond donors (Lipinski definition) is 1. The minimum absolute atomic E-state index is 0.166. The number of rotatable bonds is 5. The van der Waals surface area contributed by atoms with Gasteiger partial charge < -0.3 is 10.2 Å². The first kappa shape index (κ1) is 17.1. The van der Waals surface area contributed by atoms with Gasteiger partial charge in [0.1, 0.15) is 5.15 Å². The Balaban J connectivity index is 1.93. The third-order valence-corrected chi connectivity index (χ3v) is 3.97. The molecule has 0 fully saturated rings. The fourth-order valence-corrected chi connectivity index (χ4v) is 2.39. The molecule has 0 saturated heterocycles. The average molecular weight is 333 g/mol. The van der Waals surface area contributed by atoms with E-state index < -0.39 is 0 Å². The molecule has 0 spiro atoms. The highest BCUT2D eigenvalue weighted by molar-refractivity contribution is 6.31. The van der Waals surface area contributed by atoms with Gasteiger partial charge in [-0.3, -0.25) is 9.48 Å². The Morgan fingerprint density at radius 3 is 2.52 bits per heavy atom. The van der Waals surface area contributed by atoms with E-state index in [1.165, 1.54) is 6.08 Å². The lowest BCUT2D eigenvalue weighted by Crippen LogP contribution is -2.20. The van der Waals surface area contributed by atoms with E-state index in [9.17, 15) is 4.79 Å². The van der Waals surface area contributed by atoms with Crippen LogP contribution in [0.2, 0.25) is 5.15 Å². The maximum atomic E-state index is 11.9. The fraction of sp³-hybridized carbons (Fsp3) is 0.294. The van der Waals surface area contributed by atoms with Crippen molar-refractivity contribution < 1.29 is 4.79 Å². The highest BCUT2D eigenvalue weighted by Gasteiger charge is 2.08. The third kappa shape index (κ3) is 4.36. The number of nitrogens with one attached hydrogen (secondary N) is 1. The number of carbonyl (C=O) groups is 1. The predicted molar refractivity (Wildman–Crippen MR) is 94.6 cm³/mol. The summed E-state index contributed by atoms with van der Waals surface area (Å²) in [6.45, 7) is 2.34. The van der Waals surface area contributed by atoms with Gasteiger partial charge >= 0.3 is 0 Å². The maximum absolute atomic E-state index is 11.9. The molecule has 0 aliphatic heterocycles. The van der Waals surface area contributed by atoms with Crippen LogP contribution in [0.1, 0.15) is 16.8 Å². The first-order valence-electron chi connectivity index (χ1n) is 7.29. The molecule has 0 saturated carbocycles. The normalized spacial score (nSPS) is 11.0. The van der Waals surface area contributed by atoms with Crippen LogP contribution in [0.3, 0.4) is 0 Å². The van der Waals surface area contributed by atoms with Gasteiger partial charge in [-0.2, -0.15) is 5.10 Å². The number of aromatic nitrogens is 2. The van der Waals surface area contributed by atoms with Gasteiger partial charge in [0.05, 0.1) is 5.69 Å². The molecule has 0 atom stereocenters. The Bertz CT molecular complexity index is 717. The van der Waals surface area contributed by atoms with Crippen LogP contribution in [0.15, 0.2) is 30.3 Å². The monoisotopic (exact) mass is 332 g/mol. The predicted octanol–water partition coefficient (Wildman–Crippen LogP) is 2.78. The topological polar surface area (TPSA) is 50.2 Å². The smallest absolute Gasteiger partial charge is 0.244 e. The van der Waals surface area contributed by atoms with Gasteiger partial charge in [0.2, 0.25) is 5.91 Å². The highest BCUT2D eigenvalue weighted by Crippen LogP contribution is 2.19. The Morgan fingerprint density at radius 1 is 1.35 bits per heavy atom. The number of benzene rings is 1. The van der Waals surface area contributed by atoms with Crippen molar-refractivity contribution in [2.24, 2.45) is 7.05 Å². The van der Waals surface area contributed by atoms with E-state index in [4.69, 9.17) is 11.6 Å². The van der Waals surface area contributed by atoms with E-state index in [-0.39, 0.29) is 5.91 Å². The summed E-state index contributed by atoms with van der Waals surface area (Å²) in [7, 11) is 5.75. The van der Waals surface area contributed by atoms with Crippen LogP contribution >= 0.6 is 11.6 Å². The molecular weight excluding hydrogens is 312 g/mol. The quantitative estimate of drug-likeness (QED) is 0.857. The van der Waals surface area contributed by atoms with Gasteiger partial charge in [-0.1, -0.05) is 23.7 Å². The molecule has 0 bridgehead atoms. The molecule has 1 N–H and O–H groups in total. The lowest BCUT2D eigenvalue weighted by atomic mass is 10.2.